The van der Waals surface area contributed by atoms with Gasteiger partial charge in [0.2, 0.25) is 0 Å². The van der Waals surface area contributed by atoms with Gasteiger partial charge in [-0.2, -0.15) is 0 Å². The number of fused-ring (bicyclic) bond motifs is 1. The van der Waals surface area contributed by atoms with Crippen LogP contribution in [-0.4, -0.2) is 45.7 Å². The summed E-state index contributed by atoms with van der Waals surface area (Å²) in [5.41, 5.74) is 2.09. The third-order valence-corrected chi connectivity index (χ3v) is 4.11. The lowest BCUT2D eigenvalue weighted by Crippen LogP contribution is -2.41. The van der Waals surface area contributed by atoms with Crippen LogP contribution in [0.5, 0.6) is 0 Å². The molecule has 1 aliphatic carbocycles. The summed E-state index contributed by atoms with van der Waals surface area (Å²) in [5, 5.41) is 9.07. The minimum Gasteiger partial charge on any atom is -0.465 e. The number of carboxylic acid groups (broad SMARTS) is 1. The number of hydrogen-bond acceptors (Lipinski definition) is 4. The lowest BCUT2D eigenvalue weighted by molar-refractivity contribution is -0.143. The van der Waals surface area contributed by atoms with Crippen LogP contribution in [0.1, 0.15) is 47.4 Å². The fourth-order valence-corrected chi connectivity index (χ4v) is 2.95. The second-order valence-electron chi connectivity index (χ2n) is 5.58. The minimum absolute atomic E-state index is 0.0787. The van der Waals surface area contributed by atoms with Gasteiger partial charge < -0.3 is 14.4 Å². The summed E-state index contributed by atoms with van der Waals surface area (Å²) in [6, 6.07) is 1.75. The molecule has 22 heavy (non-hydrogen) atoms. The second-order valence-corrected chi connectivity index (χ2v) is 5.58. The molecule has 0 unspecified atom stereocenters. The van der Waals surface area contributed by atoms with Gasteiger partial charge in [-0.3, -0.25) is 9.59 Å². The highest BCUT2D eigenvalue weighted by molar-refractivity contribution is 6.04. The molecule has 0 aromatic carbocycles. The number of hydrogen-bond donors (Lipinski definition) is 1. The van der Waals surface area contributed by atoms with Crippen molar-refractivity contribution in [1.29, 1.82) is 0 Å². The highest BCUT2D eigenvalue weighted by Gasteiger charge is 2.36. The number of carbonyl (C=O) groups is 3. The Bertz CT molecular complexity index is 645. The summed E-state index contributed by atoms with van der Waals surface area (Å²) < 4.78 is 6.85. The van der Waals surface area contributed by atoms with Crippen molar-refractivity contribution in [2.24, 2.45) is 0 Å². The molecule has 1 fully saturated rings. The molecule has 1 aliphatic heterocycles. The Labute approximate surface area is 127 Å². The first kappa shape index (κ1) is 14.6. The molecule has 7 heteroatoms. The molecule has 0 spiro atoms. The van der Waals surface area contributed by atoms with E-state index in [2.05, 4.69) is 0 Å². The summed E-state index contributed by atoms with van der Waals surface area (Å²) in [4.78, 5) is 36.0. The van der Waals surface area contributed by atoms with E-state index in [-0.39, 0.29) is 19.1 Å². The van der Waals surface area contributed by atoms with Crippen molar-refractivity contribution in [3.63, 3.8) is 0 Å². The van der Waals surface area contributed by atoms with Gasteiger partial charge in [-0.1, -0.05) is 0 Å². The van der Waals surface area contributed by atoms with Crippen molar-refractivity contribution in [2.75, 3.05) is 13.2 Å². The number of ether oxygens (including phenoxy) is 1. The molecule has 2 amide bonds. The van der Waals surface area contributed by atoms with Crippen LogP contribution < -0.4 is 0 Å². The summed E-state index contributed by atoms with van der Waals surface area (Å²) >= 11 is 0. The number of aromatic nitrogens is 1. The number of nitrogens with zero attached hydrogens (tertiary/aromatic N) is 2. The van der Waals surface area contributed by atoms with Crippen LogP contribution in [-0.2, 0) is 22.5 Å². The molecule has 1 saturated carbocycles. The zero-order valence-corrected chi connectivity index (χ0v) is 12.4. The Kier molecular flexibility index (Phi) is 3.64. The molecule has 1 aromatic heterocycles. The molecule has 3 rings (SSSR count). The standard InChI is InChI=1S/C15H18N2O5/c1-2-22-13(18)8-17-11-5-6-16(15(20)21)14(19)10(11)7-12(17)9-3-4-9/h7,9H,2-6,8H2,1H3,(H,20,21). The van der Waals surface area contributed by atoms with E-state index in [0.717, 1.165) is 29.1 Å². The first-order chi connectivity index (χ1) is 10.5. The predicted molar refractivity (Wildman–Crippen MR) is 75.8 cm³/mol. The number of amides is 2. The first-order valence-corrected chi connectivity index (χ1v) is 7.45. The maximum Gasteiger partial charge on any atom is 0.414 e. The van der Waals surface area contributed by atoms with Crippen LogP contribution in [0, 0.1) is 0 Å². The normalized spacial score (nSPS) is 17.3. The first-order valence-electron chi connectivity index (χ1n) is 7.45. The highest BCUT2D eigenvalue weighted by Crippen LogP contribution is 2.42. The van der Waals surface area contributed by atoms with Gasteiger partial charge in [0.1, 0.15) is 6.54 Å². The van der Waals surface area contributed by atoms with Crippen LogP contribution in [0.25, 0.3) is 0 Å². The van der Waals surface area contributed by atoms with Crippen molar-refractivity contribution < 1.29 is 24.2 Å². The molecule has 118 valence electrons. The molecular formula is C15H18N2O5. The van der Waals surface area contributed by atoms with Crippen molar-refractivity contribution in [3.8, 4) is 0 Å². The number of imide groups is 1. The van der Waals surface area contributed by atoms with E-state index >= 15 is 0 Å². The summed E-state index contributed by atoms with van der Waals surface area (Å²) in [6.45, 7) is 2.26. The van der Waals surface area contributed by atoms with Gasteiger partial charge in [0, 0.05) is 24.4 Å². The molecular weight excluding hydrogens is 288 g/mol. The Morgan fingerprint density at radius 2 is 2.14 bits per heavy atom. The Morgan fingerprint density at radius 3 is 2.73 bits per heavy atom. The van der Waals surface area contributed by atoms with Crippen molar-refractivity contribution in [1.82, 2.24) is 9.47 Å². The van der Waals surface area contributed by atoms with Gasteiger partial charge in [0.25, 0.3) is 5.91 Å². The van der Waals surface area contributed by atoms with Crippen molar-refractivity contribution in [3.05, 3.63) is 23.0 Å². The summed E-state index contributed by atoms with van der Waals surface area (Å²) in [6.07, 6.45) is 1.26. The molecule has 0 saturated heterocycles. The van der Waals surface area contributed by atoms with Gasteiger partial charge >= 0.3 is 12.1 Å². The lowest BCUT2D eigenvalue weighted by atomic mass is 10.1. The molecule has 7 nitrogen and oxygen atoms in total. The monoisotopic (exact) mass is 306 g/mol. The van der Waals surface area contributed by atoms with Crippen LogP contribution in [0.3, 0.4) is 0 Å². The highest BCUT2D eigenvalue weighted by atomic mass is 16.5. The van der Waals surface area contributed by atoms with E-state index in [1.165, 1.54) is 0 Å². The third kappa shape index (κ3) is 2.47. The van der Waals surface area contributed by atoms with Crippen LogP contribution in [0.15, 0.2) is 6.07 Å². The van der Waals surface area contributed by atoms with E-state index in [1.807, 2.05) is 4.57 Å². The predicted octanol–water partition coefficient (Wildman–Crippen LogP) is 1.60. The largest absolute Gasteiger partial charge is 0.465 e. The van der Waals surface area contributed by atoms with Gasteiger partial charge in [-0.25, -0.2) is 9.69 Å². The zero-order chi connectivity index (χ0) is 15.9. The topological polar surface area (TPSA) is 88.8 Å². The molecule has 0 bridgehead atoms. The molecule has 0 atom stereocenters. The van der Waals surface area contributed by atoms with Gasteiger partial charge in [-0.05, 0) is 31.7 Å². The average molecular weight is 306 g/mol. The molecule has 1 N–H and O–H groups in total. The van der Waals surface area contributed by atoms with Crippen LogP contribution >= 0.6 is 0 Å². The zero-order valence-electron chi connectivity index (χ0n) is 12.4. The van der Waals surface area contributed by atoms with Crippen molar-refractivity contribution in [2.45, 2.75) is 38.6 Å². The Hall–Kier alpha value is -2.31. The maximum absolute atomic E-state index is 12.3. The van der Waals surface area contributed by atoms with E-state index in [9.17, 15) is 14.4 Å². The summed E-state index contributed by atoms with van der Waals surface area (Å²) in [7, 11) is 0. The second kappa shape index (κ2) is 5.47. The molecule has 1 aromatic rings. The molecule has 2 heterocycles. The van der Waals surface area contributed by atoms with E-state index in [4.69, 9.17) is 9.84 Å². The third-order valence-electron chi connectivity index (χ3n) is 4.11. The van der Waals surface area contributed by atoms with Crippen molar-refractivity contribution >= 4 is 18.0 Å². The summed E-state index contributed by atoms with van der Waals surface area (Å²) in [5.74, 6) is -0.486. The van der Waals surface area contributed by atoms with Crippen LogP contribution in [0.2, 0.25) is 0 Å². The van der Waals surface area contributed by atoms with Gasteiger partial charge in [0.15, 0.2) is 0 Å². The maximum atomic E-state index is 12.3. The minimum atomic E-state index is -1.23. The quantitative estimate of drug-likeness (QED) is 0.854. The van der Waals surface area contributed by atoms with Crippen LogP contribution in [0.4, 0.5) is 4.79 Å². The number of rotatable bonds is 4. The van der Waals surface area contributed by atoms with E-state index in [1.54, 1.807) is 13.0 Å². The fraction of sp³-hybridized carbons (Fsp3) is 0.533. The van der Waals surface area contributed by atoms with Gasteiger partial charge in [-0.15, -0.1) is 0 Å². The number of esters is 1. The average Bonchev–Trinajstić information content (AvgIpc) is 3.23. The smallest absolute Gasteiger partial charge is 0.414 e. The lowest BCUT2D eigenvalue weighted by Gasteiger charge is -2.23. The molecule has 0 radical (unpaired) electrons. The van der Waals surface area contributed by atoms with E-state index < -0.39 is 12.0 Å². The Morgan fingerprint density at radius 1 is 1.41 bits per heavy atom. The van der Waals surface area contributed by atoms with Gasteiger partial charge in [0.05, 0.1) is 12.2 Å². The fourth-order valence-electron chi connectivity index (χ4n) is 2.95. The molecule has 2 aliphatic rings. The SMILES string of the molecule is CCOC(=O)Cn1c(C2CC2)cc2c1CCN(C(=O)O)C2=O. The Balaban J connectivity index is 1.96. The number of carbonyl (C=O) groups excluding carboxylic acids is 2. The van der Waals surface area contributed by atoms with E-state index in [0.29, 0.717) is 24.5 Å².